The van der Waals surface area contributed by atoms with Gasteiger partial charge in [0.25, 0.3) is 11.8 Å². The van der Waals surface area contributed by atoms with Crippen molar-refractivity contribution in [3.8, 4) is 11.6 Å². The molecule has 3 aliphatic rings. The fourth-order valence-corrected chi connectivity index (χ4v) is 5.79. The predicted molar refractivity (Wildman–Crippen MR) is 148 cm³/mol. The number of amides is 2. The highest BCUT2D eigenvalue weighted by atomic mass is 19.4. The van der Waals surface area contributed by atoms with Crippen LogP contribution in [0.5, 0.6) is 11.6 Å². The van der Waals surface area contributed by atoms with Gasteiger partial charge in [0.05, 0.1) is 42.8 Å². The molecule has 3 aromatic rings. The fraction of sp³-hybridized carbons (Fsp3) is 0.379. The van der Waals surface area contributed by atoms with E-state index in [1.807, 2.05) is 0 Å². The first-order valence-corrected chi connectivity index (χ1v) is 13.2. The number of carbonyl (C=O) groups excluding carboxylic acids is 2. The number of aromatic nitrogens is 2. The minimum Gasteiger partial charge on any atom is -0.496 e. The van der Waals surface area contributed by atoms with Crippen molar-refractivity contribution in [3.05, 3.63) is 65.2 Å². The molecule has 0 unspecified atom stereocenters. The van der Waals surface area contributed by atoms with E-state index in [0.29, 0.717) is 31.4 Å². The summed E-state index contributed by atoms with van der Waals surface area (Å²) in [4.78, 5) is 35.3. The number of halogens is 4. The molecule has 0 spiro atoms. The van der Waals surface area contributed by atoms with E-state index in [4.69, 9.17) is 9.47 Å². The van der Waals surface area contributed by atoms with Crippen LogP contribution in [0.15, 0.2) is 42.7 Å². The topological polar surface area (TPSA) is 135 Å². The number of benzene rings is 1. The van der Waals surface area contributed by atoms with Crippen LogP contribution in [-0.2, 0) is 6.18 Å². The number of carbonyl (C=O) groups is 2. The second-order valence-electron chi connectivity index (χ2n) is 11.4. The quantitative estimate of drug-likeness (QED) is 0.243. The monoisotopic (exact) mass is 603 g/mol. The lowest BCUT2D eigenvalue weighted by molar-refractivity contribution is -0.230. The molecule has 14 heteroatoms. The Bertz CT molecular complexity index is 1590. The van der Waals surface area contributed by atoms with E-state index in [0.717, 1.165) is 12.3 Å². The Labute approximate surface area is 243 Å². The highest BCUT2D eigenvalue weighted by Crippen LogP contribution is 2.72. The van der Waals surface area contributed by atoms with Gasteiger partial charge in [0.1, 0.15) is 22.9 Å². The number of rotatable bonds is 9. The van der Waals surface area contributed by atoms with Crippen molar-refractivity contribution in [2.24, 2.45) is 5.41 Å². The molecule has 10 nitrogen and oxygen atoms in total. The summed E-state index contributed by atoms with van der Waals surface area (Å²) >= 11 is 0. The Balaban J connectivity index is 1.41. The van der Waals surface area contributed by atoms with Crippen LogP contribution in [-0.4, -0.2) is 52.2 Å². The zero-order valence-electron chi connectivity index (χ0n) is 23.6. The zero-order chi connectivity index (χ0) is 31.4. The van der Waals surface area contributed by atoms with Crippen LogP contribution in [0.1, 0.15) is 59.4 Å². The average Bonchev–Trinajstić information content (AvgIpc) is 2.89. The van der Waals surface area contributed by atoms with Crippen molar-refractivity contribution >= 4 is 29.0 Å². The first kappa shape index (κ1) is 30.0. The molecular weight excluding hydrogens is 574 g/mol. The number of ether oxygens (including phenoxy) is 2. The summed E-state index contributed by atoms with van der Waals surface area (Å²) in [6.45, 7) is 3.56. The molecule has 3 aliphatic carbocycles. The summed E-state index contributed by atoms with van der Waals surface area (Å²) in [6, 6.07) is 4.72. The summed E-state index contributed by atoms with van der Waals surface area (Å²) < 4.78 is 63.9. The second kappa shape index (κ2) is 10.4. The molecule has 4 N–H and O–H groups in total. The van der Waals surface area contributed by atoms with Gasteiger partial charge in [0.15, 0.2) is 0 Å². The van der Waals surface area contributed by atoms with Crippen LogP contribution in [0.3, 0.4) is 0 Å². The van der Waals surface area contributed by atoms with Crippen LogP contribution in [0.4, 0.5) is 34.8 Å². The molecule has 0 aliphatic heterocycles. The predicted octanol–water partition coefficient (Wildman–Crippen LogP) is 5.26. The summed E-state index contributed by atoms with van der Waals surface area (Å²) in [5.74, 6) is -2.70. The Kier molecular flexibility index (Phi) is 7.23. The van der Waals surface area contributed by atoms with Crippen molar-refractivity contribution in [3.63, 3.8) is 0 Å². The lowest BCUT2D eigenvalue weighted by Crippen LogP contribution is -2.77. The van der Waals surface area contributed by atoms with E-state index in [-0.39, 0.29) is 50.9 Å². The smallest absolute Gasteiger partial charge is 0.419 e. The number of nitrogens with zero attached hydrogens (tertiary/aromatic N) is 2. The van der Waals surface area contributed by atoms with Gasteiger partial charge in [-0.05, 0) is 57.4 Å². The standard InChI is InChI=1S/C29H29F4N5O5/c1-26(2,41)27-12-28(13-27,14-27)38-23-22(20(42-3)7-8-34-23)25(40)37-19-11-35-21(43-4)10-16(19)24(39)36-15-5-6-18(30)17(9-15)29(31,32)33/h5-11,41H,12-14H2,1-4H3,(H,34,38)(H,36,39)(H,37,40). The van der Waals surface area contributed by atoms with Gasteiger partial charge < -0.3 is 30.5 Å². The van der Waals surface area contributed by atoms with Crippen molar-refractivity contribution in [1.29, 1.82) is 0 Å². The lowest BCUT2D eigenvalue weighted by atomic mass is 9.35. The minimum absolute atomic E-state index is 0.0103. The molecule has 0 saturated heterocycles. The SMILES string of the molecule is COc1cc(C(=O)Nc2ccc(F)c(C(F)(F)F)c2)c(NC(=O)c2c(OC)ccnc2NC23CC(C(C)(C)O)(C2)C3)cn1. The second-order valence-corrected chi connectivity index (χ2v) is 11.4. The summed E-state index contributed by atoms with van der Waals surface area (Å²) in [6.07, 6.45) is -0.282. The van der Waals surface area contributed by atoms with Gasteiger partial charge in [0, 0.05) is 28.9 Å². The van der Waals surface area contributed by atoms with Gasteiger partial charge in [-0.3, -0.25) is 9.59 Å². The molecule has 0 atom stereocenters. The molecule has 2 aromatic heterocycles. The van der Waals surface area contributed by atoms with Gasteiger partial charge in [-0.1, -0.05) is 0 Å². The summed E-state index contributed by atoms with van der Waals surface area (Å²) in [5, 5.41) is 18.8. The van der Waals surface area contributed by atoms with Crippen molar-refractivity contribution < 1.29 is 41.7 Å². The number of pyridine rings is 2. The normalized spacial score (nSPS) is 20.8. The Morgan fingerprint density at radius 3 is 2.28 bits per heavy atom. The molecule has 2 amide bonds. The average molecular weight is 604 g/mol. The van der Waals surface area contributed by atoms with Crippen LogP contribution in [0, 0.1) is 11.2 Å². The van der Waals surface area contributed by atoms with Crippen molar-refractivity contribution in [1.82, 2.24) is 9.97 Å². The lowest BCUT2D eigenvalue weighted by Gasteiger charge is -2.74. The Morgan fingerprint density at radius 1 is 0.977 bits per heavy atom. The van der Waals surface area contributed by atoms with Crippen LogP contribution in [0.25, 0.3) is 0 Å². The zero-order valence-corrected chi connectivity index (χ0v) is 23.6. The van der Waals surface area contributed by atoms with Crippen molar-refractivity contribution in [2.75, 3.05) is 30.2 Å². The number of hydrogen-bond acceptors (Lipinski definition) is 8. The van der Waals surface area contributed by atoms with E-state index in [1.165, 1.54) is 32.5 Å². The van der Waals surface area contributed by atoms with Crippen LogP contribution >= 0.6 is 0 Å². The Morgan fingerprint density at radius 2 is 1.67 bits per heavy atom. The number of aliphatic hydroxyl groups is 1. The van der Waals surface area contributed by atoms with Gasteiger partial charge in [-0.2, -0.15) is 13.2 Å². The highest BCUT2D eigenvalue weighted by Gasteiger charge is 2.73. The minimum atomic E-state index is -4.98. The van der Waals surface area contributed by atoms with Crippen LogP contribution in [0.2, 0.25) is 0 Å². The number of hydrogen-bond donors (Lipinski definition) is 4. The van der Waals surface area contributed by atoms with Gasteiger partial charge in [0.2, 0.25) is 5.88 Å². The van der Waals surface area contributed by atoms with Crippen molar-refractivity contribution in [2.45, 2.75) is 50.4 Å². The van der Waals surface area contributed by atoms with Gasteiger partial charge >= 0.3 is 6.18 Å². The summed E-state index contributed by atoms with van der Waals surface area (Å²) in [5.41, 5.74) is -3.51. The van der Waals surface area contributed by atoms with Gasteiger partial charge in [-0.25, -0.2) is 14.4 Å². The molecule has 43 heavy (non-hydrogen) atoms. The summed E-state index contributed by atoms with van der Waals surface area (Å²) in [7, 11) is 2.68. The molecule has 1 aromatic carbocycles. The third kappa shape index (κ3) is 5.42. The molecule has 0 radical (unpaired) electrons. The number of methoxy groups -OCH3 is 2. The van der Waals surface area contributed by atoms with E-state index in [9.17, 15) is 32.3 Å². The molecule has 2 bridgehead atoms. The van der Waals surface area contributed by atoms with E-state index >= 15 is 0 Å². The molecule has 6 rings (SSSR count). The fourth-order valence-electron chi connectivity index (χ4n) is 5.79. The number of anilines is 3. The van der Waals surface area contributed by atoms with Crippen LogP contribution < -0.4 is 25.4 Å². The first-order chi connectivity index (χ1) is 20.1. The first-order valence-electron chi connectivity index (χ1n) is 13.2. The third-order valence-electron chi connectivity index (χ3n) is 8.18. The van der Waals surface area contributed by atoms with E-state index in [2.05, 4.69) is 25.9 Å². The number of nitrogens with one attached hydrogen (secondary N) is 3. The molecule has 3 fully saturated rings. The molecule has 2 heterocycles. The maximum atomic E-state index is 13.8. The molecular formula is C29H29F4N5O5. The third-order valence-corrected chi connectivity index (χ3v) is 8.18. The van der Waals surface area contributed by atoms with Gasteiger partial charge in [-0.15, -0.1) is 0 Å². The maximum absolute atomic E-state index is 13.8. The Hall–Kier alpha value is -4.46. The van der Waals surface area contributed by atoms with E-state index in [1.54, 1.807) is 13.8 Å². The highest BCUT2D eigenvalue weighted by molar-refractivity contribution is 6.14. The van der Waals surface area contributed by atoms with E-state index < -0.39 is 35.0 Å². The number of alkyl halides is 3. The largest absolute Gasteiger partial charge is 0.496 e. The maximum Gasteiger partial charge on any atom is 0.419 e. The molecule has 228 valence electrons. The molecule has 3 saturated carbocycles.